The Balaban J connectivity index is 1.84. The molecule has 0 bridgehead atoms. The zero-order valence-corrected chi connectivity index (χ0v) is 12.2. The number of aromatic nitrogens is 3. The Hall–Kier alpha value is -1.87. The molecule has 0 aliphatic carbocycles. The second kappa shape index (κ2) is 6.53. The third-order valence-electron chi connectivity index (χ3n) is 2.24. The van der Waals surface area contributed by atoms with Crippen LogP contribution in [0.1, 0.15) is 5.69 Å². The van der Waals surface area contributed by atoms with Crippen LogP contribution in [0.2, 0.25) is 0 Å². The number of hydrogen-bond donors (Lipinski definition) is 2. The Morgan fingerprint density at radius 1 is 1.55 bits per heavy atom. The van der Waals surface area contributed by atoms with Gasteiger partial charge in [-0.15, -0.1) is 11.3 Å². The van der Waals surface area contributed by atoms with Crippen LogP contribution in [0, 0.1) is 0 Å². The highest BCUT2D eigenvalue weighted by molar-refractivity contribution is 7.99. The molecule has 0 spiro atoms. The Kier molecular flexibility index (Phi) is 4.74. The molecular weight excluding hydrogens is 300 g/mol. The van der Waals surface area contributed by atoms with E-state index in [9.17, 15) is 9.59 Å². The molecule has 0 radical (unpaired) electrons. The van der Waals surface area contributed by atoms with Gasteiger partial charge in [-0.1, -0.05) is 11.8 Å². The summed E-state index contributed by atoms with van der Waals surface area (Å²) in [5, 5.41) is 14.1. The predicted molar refractivity (Wildman–Crippen MR) is 76.0 cm³/mol. The maximum atomic E-state index is 11.7. The van der Waals surface area contributed by atoms with Gasteiger partial charge in [0.15, 0.2) is 10.3 Å². The van der Waals surface area contributed by atoms with Crippen LogP contribution in [-0.4, -0.2) is 37.3 Å². The second-order valence-corrected chi connectivity index (χ2v) is 5.67. The van der Waals surface area contributed by atoms with Crippen molar-refractivity contribution in [3.63, 3.8) is 0 Å². The highest BCUT2D eigenvalue weighted by Crippen LogP contribution is 2.18. The minimum atomic E-state index is -0.946. The zero-order valence-electron chi connectivity index (χ0n) is 10.6. The molecule has 2 N–H and O–H groups in total. The summed E-state index contributed by atoms with van der Waals surface area (Å²) < 4.78 is 1.83. The molecule has 106 valence electrons. The van der Waals surface area contributed by atoms with E-state index >= 15 is 0 Å². The number of thiazole rings is 1. The molecule has 0 aliphatic heterocycles. The van der Waals surface area contributed by atoms with Crippen LogP contribution in [0.15, 0.2) is 22.9 Å². The first-order chi connectivity index (χ1) is 9.54. The first-order valence-electron chi connectivity index (χ1n) is 5.61. The second-order valence-electron chi connectivity index (χ2n) is 3.87. The minimum absolute atomic E-state index is 0.144. The third-order valence-corrected chi connectivity index (χ3v) is 4.10. The van der Waals surface area contributed by atoms with Crippen LogP contribution >= 0.6 is 23.1 Å². The lowest BCUT2D eigenvalue weighted by atomic mass is 10.3. The number of rotatable bonds is 6. The van der Waals surface area contributed by atoms with Crippen molar-refractivity contribution < 1.29 is 14.7 Å². The van der Waals surface area contributed by atoms with Gasteiger partial charge in [0.05, 0.1) is 17.9 Å². The summed E-state index contributed by atoms with van der Waals surface area (Å²) in [6.45, 7) is 0. The quantitative estimate of drug-likeness (QED) is 0.779. The summed E-state index contributed by atoms with van der Waals surface area (Å²) >= 11 is 2.53. The van der Waals surface area contributed by atoms with Crippen molar-refractivity contribution in [2.45, 2.75) is 11.6 Å². The summed E-state index contributed by atoms with van der Waals surface area (Å²) in [7, 11) is 1.85. The number of amides is 1. The minimum Gasteiger partial charge on any atom is -0.481 e. The molecule has 20 heavy (non-hydrogen) atoms. The lowest BCUT2D eigenvalue weighted by Crippen LogP contribution is -2.14. The molecule has 9 heteroatoms. The normalized spacial score (nSPS) is 10.4. The molecule has 0 unspecified atom stereocenters. The van der Waals surface area contributed by atoms with Gasteiger partial charge in [0.2, 0.25) is 5.91 Å². The molecule has 2 rings (SSSR count). The molecule has 2 aromatic heterocycles. The van der Waals surface area contributed by atoms with Crippen molar-refractivity contribution in [1.29, 1.82) is 0 Å². The zero-order chi connectivity index (χ0) is 14.5. The molecule has 0 saturated carbocycles. The van der Waals surface area contributed by atoms with E-state index < -0.39 is 5.97 Å². The number of carbonyl (C=O) groups is 2. The van der Waals surface area contributed by atoms with Crippen molar-refractivity contribution in [3.8, 4) is 0 Å². The highest BCUT2D eigenvalue weighted by Gasteiger charge is 2.10. The SMILES string of the molecule is Cn1ccnc1SCC(=O)Nc1nc(CC(=O)O)cs1. The topological polar surface area (TPSA) is 97.1 Å². The molecular formula is C11H12N4O3S2. The van der Waals surface area contributed by atoms with E-state index in [0.717, 1.165) is 5.16 Å². The van der Waals surface area contributed by atoms with Gasteiger partial charge in [0, 0.05) is 24.8 Å². The fraction of sp³-hybridized carbons (Fsp3) is 0.273. The van der Waals surface area contributed by atoms with E-state index in [0.29, 0.717) is 10.8 Å². The Bertz CT molecular complexity index is 623. The van der Waals surface area contributed by atoms with E-state index in [1.807, 2.05) is 11.6 Å². The van der Waals surface area contributed by atoms with E-state index in [1.165, 1.54) is 23.1 Å². The van der Waals surface area contributed by atoms with Crippen molar-refractivity contribution in [2.24, 2.45) is 7.05 Å². The van der Waals surface area contributed by atoms with E-state index in [4.69, 9.17) is 5.11 Å². The number of carboxylic acid groups (broad SMARTS) is 1. The van der Waals surface area contributed by atoms with Crippen LogP contribution in [0.4, 0.5) is 5.13 Å². The van der Waals surface area contributed by atoms with Crippen LogP contribution in [-0.2, 0) is 23.1 Å². The van der Waals surface area contributed by atoms with Crippen molar-refractivity contribution in [1.82, 2.24) is 14.5 Å². The Labute approximate surface area is 123 Å². The first-order valence-corrected chi connectivity index (χ1v) is 7.47. The summed E-state index contributed by atoms with van der Waals surface area (Å²) in [6, 6.07) is 0. The van der Waals surface area contributed by atoms with Gasteiger partial charge in [-0.2, -0.15) is 0 Å². The van der Waals surface area contributed by atoms with Crippen LogP contribution in [0.25, 0.3) is 0 Å². The molecule has 2 heterocycles. The number of imidazole rings is 1. The summed E-state index contributed by atoms with van der Waals surface area (Å²) in [4.78, 5) is 30.4. The standard InChI is InChI=1S/C11H12N4O3S2/c1-15-3-2-12-11(15)20-6-8(16)14-10-13-7(5-19-10)4-9(17)18/h2-3,5H,4,6H2,1H3,(H,17,18)(H,13,14,16). The number of nitrogens with one attached hydrogen (secondary N) is 1. The summed E-state index contributed by atoms with van der Waals surface area (Å²) in [6.07, 6.45) is 3.33. The highest BCUT2D eigenvalue weighted by atomic mass is 32.2. The average Bonchev–Trinajstić information content (AvgIpc) is 2.96. The lowest BCUT2D eigenvalue weighted by molar-refractivity contribution is -0.136. The third kappa shape index (κ3) is 4.07. The predicted octanol–water partition coefficient (Wildman–Crippen LogP) is 1.23. The van der Waals surface area contributed by atoms with Crippen molar-refractivity contribution in [2.75, 3.05) is 11.1 Å². The van der Waals surface area contributed by atoms with Gasteiger partial charge in [0.25, 0.3) is 0 Å². The first kappa shape index (κ1) is 14.5. The fourth-order valence-electron chi connectivity index (χ4n) is 1.38. The maximum absolute atomic E-state index is 11.7. The molecule has 0 aliphatic rings. The number of thioether (sulfide) groups is 1. The number of hydrogen-bond acceptors (Lipinski definition) is 6. The molecule has 0 aromatic carbocycles. The number of nitrogens with zero attached hydrogens (tertiary/aromatic N) is 3. The number of carbonyl (C=O) groups excluding carboxylic acids is 1. The smallest absolute Gasteiger partial charge is 0.309 e. The molecule has 0 fully saturated rings. The molecule has 0 saturated heterocycles. The summed E-state index contributed by atoms with van der Waals surface area (Å²) in [5.41, 5.74) is 0.439. The van der Waals surface area contributed by atoms with Crippen molar-refractivity contribution in [3.05, 3.63) is 23.5 Å². The summed E-state index contributed by atoms with van der Waals surface area (Å²) in [5.74, 6) is -0.925. The van der Waals surface area contributed by atoms with Crippen LogP contribution in [0.3, 0.4) is 0 Å². The molecule has 2 aromatic rings. The van der Waals surface area contributed by atoms with Crippen LogP contribution in [0.5, 0.6) is 0 Å². The molecule has 0 atom stereocenters. The number of carboxylic acids is 1. The number of anilines is 1. The largest absolute Gasteiger partial charge is 0.481 e. The molecule has 7 nitrogen and oxygen atoms in total. The Morgan fingerprint density at radius 2 is 2.35 bits per heavy atom. The monoisotopic (exact) mass is 312 g/mol. The van der Waals surface area contributed by atoms with Gasteiger partial charge in [-0.3, -0.25) is 9.59 Å². The van der Waals surface area contributed by atoms with E-state index in [1.54, 1.807) is 17.8 Å². The van der Waals surface area contributed by atoms with Gasteiger partial charge >= 0.3 is 5.97 Å². The van der Waals surface area contributed by atoms with Gasteiger partial charge < -0.3 is 15.0 Å². The van der Waals surface area contributed by atoms with Crippen molar-refractivity contribution >= 4 is 40.1 Å². The van der Waals surface area contributed by atoms with Crippen LogP contribution < -0.4 is 5.32 Å². The fourth-order valence-corrected chi connectivity index (χ4v) is 2.84. The number of aryl methyl sites for hydroxylation is 1. The molecule has 1 amide bonds. The number of aliphatic carboxylic acids is 1. The van der Waals surface area contributed by atoms with Gasteiger partial charge in [-0.05, 0) is 0 Å². The lowest BCUT2D eigenvalue weighted by Gasteiger charge is -2.01. The van der Waals surface area contributed by atoms with E-state index in [-0.39, 0.29) is 18.1 Å². The Morgan fingerprint density at radius 3 is 3.00 bits per heavy atom. The van der Waals surface area contributed by atoms with Gasteiger partial charge in [-0.25, -0.2) is 9.97 Å². The van der Waals surface area contributed by atoms with E-state index in [2.05, 4.69) is 15.3 Å². The maximum Gasteiger partial charge on any atom is 0.309 e. The average molecular weight is 312 g/mol. The van der Waals surface area contributed by atoms with Gasteiger partial charge in [0.1, 0.15) is 0 Å².